The van der Waals surface area contributed by atoms with Crippen LogP contribution in [0.3, 0.4) is 0 Å². The highest BCUT2D eigenvalue weighted by molar-refractivity contribution is 5.36. The van der Waals surface area contributed by atoms with Gasteiger partial charge in [0.1, 0.15) is 0 Å². The fraction of sp³-hybridized carbons (Fsp3) is 0.571. The number of aromatic hydroxyl groups is 2. The van der Waals surface area contributed by atoms with Crippen LogP contribution in [-0.2, 0) is 9.47 Å². The van der Waals surface area contributed by atoms with Crippen molar-refractivity contribution in [2.75, 3.05) is 52.9 Å². The minimum absolute atomic E-state index is 0.0278. The maximum absolute atomic E-state index is 8.67. The van der Waals surface area contributed by atoms with Crippen LogP contribution < -0.4 is 0 Å². The summed E-state index contributed by atoms with van der Waals surface area (Å²) in [6.07, 6.45) is 0. The first kappa shape index (κ1) is 22.9. The van der Waals surface area contributed by atoms with E-state index >= 15 is 0 Å². The monoisotopic (exact) mass is 322 g/mol. The first-order valence-electron chi connectivity index (χ1n) is 6.69. The van der Waals surface area contributed by atoms with Crippen LogP contribution in [0.15, 0.2) is 24.3 Å². The van der Waals surface area contributed by atoms with Crippen LogP contribution in [0.4, 0.5) is 0 Å². The SMILES string of the molecule is OCCOCCO.OCCOCCO.Oc1ccccc1O. The summed E-state index contributed by atoms with van der Waals surface area (Å²) in [7, 11) is 0. The number of aliphatic hydroxyl groups excluding tert-OH is 4. The molecule has 1 aromatic carbocycles. The van der Waals surface area contributed by atoms with Crippen molar-refractivity contribution in [1.29, 1.82) is 0 Å². The van der Waals surface area contributed by atoms with Crippen molar-refractivity contribution in [1.82, 2.24) is 0 Å². The highest BCUT2D eigenvalue weighted by atomic mass is 16.5. The maximum atomic E-state index is 8.67. The molecule has 0 spiro atoms. The quantitative estimate of drug-likeness (QED) is 0.266. The standard InChI is InChI=1S/C6H6O2.2C4H10O3/c7-5-3-1-2-4-6(5)8;2*5-1-3-7-4-2-6/h1-4,7-8H;2*5-6H,1-4H2. The number of para-hydroxylation sites is 2. The minimum Gasteiger partial charge on any atom is -0.504 e. The highest BCUT2D eigenvalue weighted by Gasteiger charge is 1.90. The molecule has 8 heteroatoms. The summed E-state index contributed by atoms with van der Waals surface area (Å²) in [4.78, 5) is 0. The summed E-state index contributed by atoms with van der Waals surface area (Å²) < 4.78 is 9.26. The number of rotatable bonds is 8. The van der Waals surface area contributed by atoms with Crippen LogP contribution in [-0.4, -0.2) is 83.5 Å². The molecule has 0 heterocycles. The van der Waals surface area contributed by atoms with Gasteiger partial charge in [0, 0.05) is 0 Å². The van der Waals surface area contributed by atoms with Crippen molar-refractivity contribution in [3.05, 3.63) is 24.3 Å². The Morgan fingerprint density at radius 2 is 0.864 bits per heavy atom. The van der Waals surface area contributed by atoms with Gasteiger partial charge in [-0.15, -0.1) is 0 Å². The molecule has 0 aliphatic carbocycles. The molecule has 0 amide bonds. The number of phenolic OH excluding ortho intramolecular Hbond substituents is 2. The van der Waals surface area contributed by atoms with Gasteiger partial charge >= 0.3 is 0 Å². The van der Waals surface area contributed by atoms with Crippen molar-refractivity contribution in [2.24, 2.45) is 0 Å². The van der Waals surface area contributed by atoms with E-state index in [0.717, 1.165) is 0 Å². The Hall–Kier alpha value is -1.42. The predicted molar refractivity (Wildman–Crippen MR) is 79.8 cm³/mol. The van der Waals surface area contributed by atoms with Crippen LogP contribution in [0.1, 0.15) is 0 Å². The second-order valence-corrected chi connectivity index (χ2v) is 3.61. The van der Waals surface area contributed by atoms with E-state index in [2.05, 4.69) is 9.47 Å². The summed E-state index contributed by atoms with van der Waals surface area (Å²) in [6.45, 7) is 1.39. The zero-order valence-corrected chi connectivity index (χ0v) is 12.5. The van der Waals surface area contributed by atoms with Gasteiger partial charge in [-0.1, -0.05) is 12.1 Å². The van der Waals surface area contributed by atoms with E-state index in [9.17, 15) is 0 Å². The van der Waals surface area contributed by atoms with Crippen LogP contribution in [0, 0.1) is 0 Å². The smallest absolute Gasteiger partial charge is 0.157 e. The fourth-order valence-electron chi connectivity index (χ4n) is 0.926. The molecule has 0 bridgehead atoms. The zero-order valence-electron chi connectivity index (χ0n) is 12.5. The van der Waals surface area contributed by atoms with E-state index in [1.54, 1.807) is 12.1 Å². The summed E-state index contributed by atoms with van der Waals surface area (Å²) in [6, 6.07) is 6.15. The summed E-state index contributed by atoms with van der Waals surface area (Å²) in [5.74, 6) is -0.153. The summed E-state index contributed by atoms with van der Waals surface area (Å²) in [5.41, 5.74) is 0. The summed E-state index contributed by atoms with van der Waals surface area (Å²) >= 11 is 0. The molecule has 0 aliphatic rings. The Balaban J connectivity index is 0. The number of aliphatic hydroxyl groups is 4. The van der Waals surface area contributed by atoms with Gasteiger partial charge < -0.3 is 40.1 Å². The van der Waals surface area contributed by atoms with E-state index in [-0.39, 0.29) is 37.9 Å². The van der Waals surface area contributed by atoms with Crippen molar-refractivity contribution in [3.63, 3.8) is 0 Å². The second-order valence-electron chi connectivity index (χ2n) is 3.61. The lowest BCUT2D eigenvalue weighted by Crippen LogP contribution is -2.03. The molecule has 0 atom stereocenters. The number of benzene rings is 1. The second kappa shape index (κ2) is 19.6. The van der Waals surface area contributed by atoms with Crippen molar-refractivity contribution >= 4 is 0 Å². The molecule has 0 unspecified atom stereocenters. The number of hydrogen-bond acceptors (Lipinski definition) is 8. The Labute approximate surface area is 129 Å². The fourth-order valence-corrected chi connectivity index (χ4v) is 0.926. The third-order valence-electron chi connectivity index (χ3n) is 1.82. The van der Waals surface area contributed by atoms with Gasteiger partial charge in [0.05, 0.1) is 52.9 Å². The van der Waals surface area contributed by atoms with Crippen LogP contribution in [0.5, 0.6) is 11.5 Å². The molecule has 0 aliphatic heterocycles. The number of phenols is 2. The summed E-state index contributed by atoms with van der Waals surface area (Å²) in [5, 5.41) is 49.7. The molecule has 6 N–H and O–H groups in total. The Morgan fingerprint density at radius 1 is 0.591 bits per heavy atom. The van der Waals surface area contributed by atoms with Crippen molar-refractivity contribution in [2.45, 2.75) is 0 Å². The molecule has 0 fully saturated rings. The molecule has 0 saturated carbocycles. The van der Waals surface area contributed by atoms with Crippen molar-refractivity contribution < 1.29 is 40.1 Å². The average Bonchev–Trinajstić information content (AvgIpc) is 2.53. The number of hydrogen-bond donors (Lipinski definition) is 6. The van der Waals surface area contributed by atoms with Gasteiger partial charge in [0.2, 0.25) is 0 Å². The molecule has 0 radical (unpaired) electrons. The lowest BCUT2D eigenvalue weighted by Gasteiger charge is -1.94. The Bertz CT molecular complexity index is 282. The largest absolute Gasteiger partial charge is 0.504 e. The molecule has 130 valence electrons. The molecule has 0 saturated heterocycles. The molecular weight excluding hydrogens is 296 g/mol. The van der Waals surface area contributed by atoms with Crippen LogP contribution in [0.25, 0.3) is 0 Å². The van der Waals surface area contributed by atoms with Gasteiger partial charge in [-0.3, -0.25) is 0 Å². The number of ether oxygens (including phenoxy) is 2. The van der Waals surface area contributed by atoms with Gasteiger partial charge in [-0.05, 0) is 12.1 Å². The van der Waals surface area contributed by atoms with E-state index < -0.39 is 0 Å². The van der Waals surface area contributed by atoms with Crippen LogP contribution >= 0.6 is 0 Å². The minimum atomic E-state index is -0.0764. The molecular formula is C14H26O8. The lowest BCUT2D eigenvalue weighted by atomic mass is 10.3. The molecule has 1 aromatic rings. The van der Waals surface area contributed by atoms with Gasteiger partial charge in [0.25, 0.3) is 0 Å². The first-order chi connectivity index (χ1) is 10.6. The van der Waals surface area contributed by atoms with Gasteiger partial charge in [0.15, 0.2) is 11.5 Å². The topological polar surface area (TPSA) is 140 Å². The Morgan fingerprint density at radius 3 is 1.05 bits per heavy atom. The zero-order chi connectivity index (χ0) is 17.1. The molecule has 8 nitrogen and oxygen atoms in total. The predicted octanol–water partition coefficient (Wildman–Crippen LogP) is -0.927. The highest BCUT2D eigenvalue weighted by Crippen LogP contribution is 2.21. The van der Waals surface area contributed by atoms with Gasteiger partial charge in [-0.2, -0.15) is 0 Å². The Kier molecular flexibility index (Phi) is 20.3. The van der Waals surface area contributed by atoms with E-state index in [4.69, 9.17) is 30.6 Å². The van der Waals surface area contributed by atoms with Crippen molar-refractivity contribution in [3.8, 4) is 11.5 Å². The molecule has 0 aromatic heterocycles. The molecule has 22 heavy (non-hydrogen) atoms. The maximum Gasteiger partial charge on any atom is 0.157 e. The third kappa shape index (κ3) is 18.6. The van der Waals surface area contributed by atoms with Gasteiger partial charge in [-0.25, -0.2) is 0 Å². The lowest BCUT2D eigenvalue weighted by molar-refractivity contribution is 0.0649. The third-order valence-corrected chi connectivity index (χ3v) is 1.82. The van der Waals surface area contributed by atoms with Crippen LogP contribution in [0.2, 0.25) is 0 Å². The first-order valence-corrected chi connectivity index (χ1v) is 6.69. The van der Waals surface area contributed by atoms with E-state index in [1.807, 2.05) is 0 Å². The normalized spacial score (nSPS) is 9.27. The molecule has 1 rings (SSSR count). The van der Waals surface area contributed by atoms with E-state index in [0.29, 0.717) is 26.4 Å². The van der Waals surface area contributed by atoms with E-state index in [1.165, 1.54) is 12.1 Å². The average molecular weight is 322 g/mol.